The zero-order valence-electron chi connectivity index (χ0n) is 23.4. The molecule has 192 valence electrons. The van der Waals surface area contributed by atoms with Crippen LogP contribution in [0.15, 0.2) is 54.9 Å². The summed E-state index contributed by atoms with van der Waals surface area (Å²) < 4.78 is 24.8. The first-order valence-corrected chi connectivity index (χ1v) is 12.9. The monoisotopic (exact) mass is 498 g/mol. The van der Waals surface area contributed by atoms with Gasteiger partial charge in [0.15, 0.2) is 0 Å². The first-order chi connectivity index (χ1) is 17.2. The lowest BCUT2D eigenvalue weighted by molar-refractivity contribution is 0.00578. The van der Waals surface area contributed by atoms with Gasteiger partial charge >= 0.3 is 14.2 Å². The second-order valence-corrected chi connectivity index (χ2v) is 12.1. The van der Waals surface area contributed by atoms with Crippen LogP contribution in [0.2, 0.25) is 0 Å². The lowest BCUT2D eigenvalue weighted by atomic mass is 9.78. The van der Waals surface area contributed by atoms with Crippen LogP contribution in [0.5, 0.6) is 0 Å². The van der Waals surface area contributed by atoms with Crippen LogP contribution in [-0.2, 0) is 18.6 Å². The highest BCUT2D eigenvalue weighted by Gasteiger charge is 2.52. The van der Waals surface area contributed by atoms with Gasteiger partial charge < -0.3 is 18.6 Å². The van der Waals surface area contributed by atoms with Crippen molar-refractivity contribution in [1.29, 1.82) is 0 Å². The van der Waals surface area contributed by atoms with Crippen molar-refractivity contribution in [2.45, 2.75) is 84.7 Å². The Kier molecular flexibility index (Phi) is 6.19. The van der Waals surface area contributed by atoms with Crippen LogP contribution in [0.25, 0.3) is 22.5 Å². The summed E-state index contributed by atoms with van der Waals surface area (Å²) >= 11 is 0. The Balaban J connectivity index is 1.37. The van der Waals surface area contributed by atoms with Gasteiger partial charge in [0, 0.05) is 16.7 Å². The van der Waals surface area contributed by atoms with E-state index in [-0.39, 0.29) is 36.6 Å². The van der Waals surface area contributed by atoms with Gasteiger partial charge in [-0.2, -0.15) is 0 Å². The Morgan fingerprint density at radius 2 is 0.811 bits per heavy atom. The molecule has 0 aliphatic carbocycles. The van der Waals surface area contributed by atoms with Gasteiger partial charge in [-0.3, -0.25) is 0 Å². The average molecular weight is 498 g/mol. The third-order valence-corrected chi connectivity index (χ3v) is 8.50. The Morgan fingerprint density at radius 1 is 0.514 bits per heavy atom. The summed E-state index contributed by atoms with van der Waals surface area (Å²) in [5.74, 6) is 0. The van der Waals surface area contributed by atoms with Gasteiger partial charge in [0.2, 0.25) is 0 Å². The van der Waals surface area contributed by atoms with E-state index in [9.17, 15) is 0 Å². The molecular weight excluding hydrogens is 462 g/mol. The smallest absolute Gasteiger partial charge is 0.399 e. The third kappa shape index (κ3) is 4.54. The van der Waals surface area contributed by atoms with E-state index >= 15 is 0 Å². The molecule has 2 aromatic carbocycles. The van der Waals surface area contributed by atoms with E-state index in [2.05, 4.69) is 121 Å². The zero-order valence-corrected chi connectivity index (χ0v) is 23.4. The number of aromatic nitrogens is 2. The van der Waals surface area contributed by atoms with Crippen molar-refractivity contribution < 1.29 is 18.6 Å². The fourth-order valence-corrected chi connectivity index (χ4v) is 4.59. The van der Waals surface area contributed by atoms with Crippen molar-refractivity contribution in [3.8, 4) is 22.5 Å². The fraction of sp³-hybridized carbons (Fsp3) is 0.448. The molecule has 0 unspecified atom stereocenters. The van der Waals surface area contributed by atoms with Gasteiger partial charge in [-0.15, -0.1) is 0 Å². The summed E-state index contributed by atoms with van der Waals surface area (Å²) in [5, 5.41) is 0. The molecule has 2 fully saturated rings. The summed E-state index contributed by atoms with van der Waals surface area (Å²) in [6.45, 7) is 18.6. The summed E-state index contributed by atoms with van der Waals surface area (Å²) in [7, 11) is -0.771. The van der Waals surface area contributed by atoms with Gasteiger partial charge in [-0.25, -0.2) is 9.97 Å². The number of nitrogens with zero attached hydrogens (tertiary/aromatic N) is 2. The minimum absolute atomic E-state index is 0.369. The second-order valence-electron chi connectivity index (χ2n) is 12.1. The van der Waals surface area contributed by atoms with Crippen LogP contribution in [-0.4, -0.2) is 46.6 Å². The highest BCUT2D eigenvalue weighted by atomic mass is 16.7. The second kappa shape index (κ2) is 8.77. The molecule has 1 aromatic heterocycles. The van der Waals surface area contributed by atoms with Gasteiger partial charge in [0.25, 0.3) is 0 Å². The van der Waals surface area contributed by atoms with Crippen molar-refractivity contribution >= 4 is 25.2 Å². The number of hydrogen-bond donors (Lipinski definition) is 0. The van der Waals surface area contributed by atoms with Crippen LogP contribution in [0.3, 0.4) is 0 Å². The molecule has 0 amide bonds. The minimum atomic E-state index is -0.386. The molecular formula is C29H36B2N2O4. The van der Waals surface area contributed by atoms with Crippen LogP contribution >= 0.6 is 0 Å². The van der Waals surface area contributed by atoms with Gasteiger partial charge in [-0.1, -0.05) is 48.5 Å². The maximum atomic E-state index is 6.20. The third-order valence-electron chi connectivity index (χ3n) is 8.50. The lowest BCUT2D eigenvalue weighted by Crippen LogP contribution is -2.41. The Hall–Kier alpha value is -2.51. The van der Waals surface area contributed by atoms with Crippen LogP contribution in [0.1, 0.15) is 61.0 Å². The van der Waals surface area contributed by atoms with Gasteiger partial charge in [0.05, 0.1) is 33.8 Å². The summed E-state index contributed by atoms with van der Waals surface area (Å²) in [6.07, 6.45) is 1.63. The fourth-order valence-electron chi connectivity index (χ4n) is 4.59. The summed E-state index contributed by atoms with van der Waals surface area (Å²) in [5.41, 5.74) is 5.39. The molecule has 2 saturated heterocycles. The van der Waals surface area contributed by atoms with E-state index in [1.807, 2.05) is 0 Å². The molecule has 2 aliphatic heterocycles. The SMILES string of the molecule is Cc1c(-c2ccc(B3OC(C)(C)C(C)(C)O3)cc2)ncnc1-c1ccc(B2OC(C)(C)C(C)(C)O2)cc1. The van der Waals surface area contributed by atoms with Crippen molar-refractivity contribution in [3.63, 3.8) is 0 Å². The molecule has 0 saturated carbocycles. The van der Waals surface area contributed by atoms with Crippen molar-refractivity contribution in [3.05, 3.63) is 60.4 Å². The standard InChI is InChI=1S/C29H36B2N2O4/c1-19-24(20-10-14-22(15-11-20)30-34-26(2,3)27(4,5)35-30)32-18-33-25(19)21-12-16-23(17-13-21)31-36-28(6,7)29(8,9)37-31/h10-18H,1-9H3. The van der Waals surface area contributed by atoms with Crippen LogP contribution in [0, 0.1) is 6.92 Å². The Bertz CT molecular complexity index is 1170. The van der Waals surface area contributed by atoms with Gasteiger partial charge in [0.1, 0.15) is 6.33 Å². The Morgan fingerprint density at radius 3 is 1.11 bits per heavy atom. The predicted molar refractivity (Wildman–Crippen MR) is 149 cm³/mol. The molecule has 6 nitrogen and oxygen atoms in total. The minimum Gasteiger partial charge on any atom is -0.399 e. The van der Waals surface area contributed by atoms with Crippen LogP contribution in [0.4, 0.5) is 0 Å². The normalized spacial score (nSPS) is 21.4. The molecule has 37 heavy (non-hydrogen) atoms. The van der Waals surface area contributed by atoms with E-state index in [1.165, 1.54) is 0 Å². The van der Waals surface area contributed by atoms with E-state index in [0.717, 1.165) is 39.0 Å². The van der Waals surface area contributed by atoms with E-state index in [0.29, 0.717) is 0 Å². The molecule has 5 rings (SSSR count). The molecule has 2 aliphatic rings. The summed E-state index contributed by atoms with van der Waals surface area (Å²) in [6, 6.07) is 16.5. The van der Waals surface area contributed by atoms with Gasteiger partial charge in [-0.05, 0) is 73.2 Å². The first-order valence-electron chi connectivity index (χ1n) is 12.9. The number of rotatable bonds is 4. The largest absolute Gasteiger partial charge is 0.494 e. The van der Waals surface area contributed by atoms with Crippen molar-refractivity contribution in [1.82, 2.24) is 9.97 Å². The quantitative estimate of drug-likeness (QED) is 0.486. The maximum absolute atomic E-state index is 6.20. The topological polar surface area (TPSA) is 62.7 Å². The molecule has 8 heteroatoms. The number of hydrogen-bond acceptors (Lipinski definition) is 6. The molecule has 0 radical (unpaired) electrons. The van der Waals surface area contributed by atoms with Crippen molar-refractivity contribution in [2.75, 3.05) is 0 Å². The highest BCUT2D eigenvalue weighted by Crippen LogP contribution is 2.38. The summed E-state index contributed by atoms with van der Waals surface area (Å²) in [4.78, 5) is 9.21. The van der Waals surface area contributed by atoms with Crippen LogP contribution < -0.4 is 10.9 Å². The average Bonchev–Trinajstić information content (AvgIpc) is 3.19. The number of benzene rings is 2. The zero-order chi connectivity index (χ0) is 26.8. The maximum Gasteiger partial charge on any atom is 0.494 e. The van der Waals surface area contributed by atoms with E-state index in [1.54, 1.807) is 6.33 Å². The molecule has 0 bridgehead atoms. The Labute approximate surface area is 221 Å². The molecule has 3 aromatic rings. The molecule has 0 atom stereocenters. The van der Waals surface area contributed by atoms with E-state index < -0.39 is 0 Å². The molecule has 0 N–H and O–H groups in total. The molecule has 3 heterocycles. The van der Waals surface area contributed by atoms with Crippen molar-refractivity contribution in [2.24, 2.45) is 0 Å². The predicted octanol–water partition coefficient (Wildman–Crippen LogP) is 4.72. The lowest BCUT2D eigenvalue weighted by Gasteiger charge is -2.32. The first kappa shape index (κ1) is 26.1. The van der Waals surface area contributed by atoms with E-state index in [4.69, 9.17) is 18.6 Å². The highest BCUT2D eigenvalue weighted by molar-refractivity contribution is 6.62. The molecule has 0 spiro atoms.